The third-order valence-corrected chi connectivity index (χ3v) is 4.26. The number of anilines is 1. The number of halogens is 1. The van der Waals surface area contributed by atoms with E-state index < -0.39 is 0 Å². The number of nitrogens with zero attached hydrogens (tertiary/aromatic N) is 2. The van der Waals surface area contributed by atoms with Crippen LogP contribution in [0, 0.1) is 10.1 Å². The monoisotopic (exact) mass is 341 g/mol. The van der Waals surface area contributed by atoms with E-state index in [2.05, 4.69) is 33.1 Å². The molecule has 110 valence electrons. The molecule has 20 heavy (non-hydrogen) atoms. The van der Waals surface area contributed by atoms with E-state index in [1.807, 2.05) is 6.07 Å². The molecule has 0 bridgehead atoms. The van der Waals surface area contributed by atoms with Crippen LogP contribution in [0.25, 0.3) is 0 Å². The van der Waals surface area contributed by atoms with Crippen molar-refractivity contribution in [2.75, 3.05) is 24.5 Å². The fourth-order valence-electron chi connectivity index (χ4n) is 2.68. The van der Waals surface area contributed by atoms with Crippen molar-refractivity contribution in [1.29, 1.82) is 0 Å². The normalized spacial score (nSPS) is 18.8. The van der Waals surface area contributed by atoms with Crippen LogP contribution < -0.4 is 10.2 Å². The lowest BCUT2D eigenvalue weighted by Crippen LogP contribution is -2.46. The van der Waals surface area contributed by atoms with Crippen LogP contribution in [0.3, 0.4) is 0 Å². The number of hydrogen-bond donors (Lipinski definition) is 1. The summed E-state index contributed by atoms with van der Waals surface area (Å²) in [5, 5.41) is 14.3. The van der Waals surface area contributed by atoms with Crippen LogP contribution >= 0.6 is 15.9 Å². The number of hydrogen-bond acceptors (Lipinski definition) is 4. The summed E-state index contributed by atoms with van der Waals surface area (Å²) in [5.74, 6) is 0. The largest absolute Gasteiger partial charge is 0.366 e. The minimum Gasteiger partial charge on any atom is -0.366 e. The second-order valence-corrected chi connectivity index (χ2v) is 5.94. The molecule has 5 nitrogen and oxygen atoms in total. The van der Waals surface area contributed by atoms with Crippen molar-refractivity contribution < 1.29 is 4.92 Å². The van der Waals surface area contributed by atoms with Crippen molar-refractivity contribution in [3.8, 4) is 0 Å². The second kappa shape index (κ2) is 7.04. The molecule has 1 aromatic rings. The molecule has 1 atom stereocenters. The third kappa shape index (κ3) is 3.49. The highest BCUT2D eigenvalue weighted by Crippen LogP contribution is 2.32. The van der Waals surface area contributed by atoms with E-state index in [4.69, 9.17) is 0 Å². The average Bonchev–Trinajstić information content (AvgIpc) is 2.46. The molecular weight excluding hydrogens is 322 g/mol. The second-order valence-electron chi connectivity index (χ2n) is 5.09. The lowest BCUT2D eigenvalue weighted by molar-refractivity contribution is -0.384. The van der Waals surface area contributed by atoms with Gasteiger partial charge in [-0.25, -0.2) is 0 Å². The molecule has 0 spiro atoms. The van der Waals surface area contributed by atoms with Crippen LogP contribution in [0.1, 0.15) is 26.2 Å². The molecule has 1 fully saturated rings. The van der Waals surface area contributed by atoms with Crippen LogP contribution in [-0.4, -0.2) is 30.6 Å². The van der Waals surface area contributed by atoms with Gasteiger partial charge < -0.3 is 10.2 Å². The molecule has 1 aromatic carbocycles. The zero-order valence-electron chi connectivity index (χ0n) is 11.6. The van der Waals surface area contributed by atoms with Crippen molar-refractivity contribution in [1.82, 2.24) is 5.32 Å². The Kier molecular flexibility index (Phi) is 5.37. The minimum absolute atomic E-state index is 0.124. The molecule has 1 aliphatic heterocycles. The summed E-state index contributed by atoms with van der Waals surface area (Å²) in [6.45, 7) is 5.17. The molecule has 0 aliphatic carbocycles. The van der Waals surface area contributed by atoms with E-state index in [1.165, 1.54) is 6.42 Å². The molecule has 0 radical (unpaired) electrons. The summed E-state index contributed by atoms with van der Waals surface area (Å²) < 4.78 is 0.797. The topological polar surface area (TPSA) is 58.4 Å². The van der Waals surface area contributed by atoms with Crippen molar-refractivity contribution in [3.05, 3.63) is 32.8 Å². The van der Waals surface area contributed by atoms with Gasteiger partial charge in [0.25, 0.3) is 5.69 Å². The molecule has 0 aromatic heterocycles. The number of benzene rings is 1. The lowest BCUT2D eigenvalue weighted by atomic mass is 10.0. The SMILES string of the molecule is CCCN(c1ccc([N+](=O)[O-])cc1Br)C1CCCNC1. The molecule has 1 aliphatic rings. The van der Waals surface area contributed by atoms with Gasteiger partial charge in [0.1, 0.15) is 0 Å². The molecule has 1 saturated heterocycles. The first-order chi connectivity index (χ1) is 9.63. The summed E-state index contributed by atoms with van der Waals surface area (Å²) in [6, 6.07) is 5.49. The van der Waals surface area contributed by atoms with E-state index in [9.17, 15) is 10.1 Å². The van der Waals surface area contributed by atoms with Gasteiger partial charge in [-0.3, -0.25) is 10.1 Å². The molecule has 0 saturated carbocycles. The maximum absolute atomic E-state index is 10.8. The highest BCUT2D eigenvalue weighted by molar-refractivity contribution is 9.10. The predicted molar refractivity (Wildman–Crippen MR) is 84.3 cm³/mol. The molecule has 1 N–H and O–H groups in total. The molecule has 0 amide bonds. The molecular formula is C14H20BrN3O2. The van der Waals surface area contributed by atoms with Gasteiger partial charge in [0.05, 0.1) is 10.6 Å². The maximum Gasteiger partial charge on any atom is 0.270 e. The van der Waals surface area contributed by atoms with E-state index >= 15 is 0 Å². The van der Waals surface area contributed by atoms with Gasteiger partial charge in [-0.15, -0.1) is 0 Å². The van der Waals surface area contributed by atoms with Crippen molar-refractivity contribution in [2.24, 2.45) is 0 Å². The van der Waals surface area contributed by atoms with Crippen molar-refractivity contribution in [3.63, 3.8) is 0 Å². The first-order valence-electron chi connectivity index (χ1n) is 7.04. The Bertz CT molecular complexity index is 475. The number of nitrogens with one attached hydrogen (secondary N) is 1. The van der Waals surface area contributed by atoms with Crippen LogP contribution in [0.2, 0.25) is 0 Å². The van der Waals surface area contributed by atoms with E-state index in [-0.39, 0.29) is 10.6 Å². The van der Waals surface area contributed by atoms with E-state index in [1.54, 1.807) is 12.1 Å². The summed E-state index contributed by atoms with van der Waals surface area (Å²) in [5.41, 5.74) is 1.17. The zero-order chi connectivity index (χ0) is 14.5. The Balaban J connectivity index is 2.26. The quantitative estimate of drug-likeness (QED) is 0.659. The summed E-state index contributed by atoms with van der Waals surface area (Å²) in [4.78, 5) is 12.8. The van der Waals surface area contributed by atoms with E-state index in [0.29, 0.717) is 6.04 Å². The van der Waals surface area contributed by atoms with Gasteiger partial charge in [-0.05, 0) is 47.8 Å². The van der Waals surface area contributed by atoms with Crippen LogP contribution in [0.5, 0.6) is 0 Å². The fourth-order valence-corrected chi connectivity index (χ4v) is 3.28. The van der Waals surface area contributed by atoms with Gasteiger partial charge in [-0.2, -0.15) is 0 Å². The minimum atomic E-state index is -0.360. The number of rotatable bonds is 5. The summed E-state index contributed by atoms with van der Waals surface area (Å²) in [7, 11) is 0. The average molecular weight is 342 g/mol. The first-order valence-corrected chi connectivity index (χ1v) is 7.84. The third-order valence-electron chi connectivity index (χ3n) is 3.63. The highest BCUT2D eigenvalue weighted by atomic mass is 79.9. The van der Waals surface area contributed by atoms with Gasteiger partial charge in [0, 0.05) is 35.7 Å². The van der Waals surface area contributed by atoms with Gasteiger partial charge in [0.15, 0.2) is 0 Å². The van der Waals surface area contributed by atoms with E-state index in [0.717, 1.165) is 42.6 Å². The Hall–Kier alpha value is -1.14. The predicted octanol–water partition coefficient (Wildman–Crippen LogP) is 3.33. The Morgan fingerprint density at radius 1 is 1.55 bits per heavy atom. The number of piperidine rings is 1. The fraction of sp³-hybridized carbons (Fsp3) is 0.571. The smallest absolute Gasteiger partial charge is 0.270 e. The Labute approximate surface area is 127 Å². The summed E-state index contributed by atoms with van der Waals surface area (Å²) in [6.07, 6.45) is 3.39. The van der Waals surface area contributed by atoms with Crippen LogP contribution in [0.15, 0.2) is 22.7 Å². The molecule has 2 rings (SSSR count). The molecule has 1 unspecified atom stereocenters. The van der Waals surface area contributed by atoms with Crippen LogP contribution in [-0.2, 0) is 0 Å². The van der Waals surface area contributed by atoms with Crippen molar-refractivity contribution in [2.45, 2.75) is 32.2 Å². The standard InChI is InChI=1S/C14H20BrN3O2/c1-2-8-17(12-4-3-7-16-10-12)14-6-5-11(18(19)20)9-13(14)15/h5-6,9,12,16H,2-4,7-8,10H2,1H3. The highest BCUT2D eigenvalue weighted by Gasteiger charge is 2.23. The van der Waals surface area contributed by atoms with Gasteiger partial charge >= 0.3 is 0 Å². The number of nitro groups is 1. The Morgan fingerprint density at radius 3 is 2.90 bits per heavy atom. The maximum atomic E-state index is 10.8. The summed E-state index contributed by atoms with van der Waals surface area (Å²) >= 11 is 3.49. The van der Waals surface area contributed by atoms with Gasteiger partial charge in [0.2, 0.25) is 0 Å². The number of non-ortho nitro benzene ring substituents is 1. The van der Waals surface area contributed by atoms with Crippen molar-refractivity contribution >= 4 is 27.3 Å². The van der Waals surface area contributed by atoms with Crippen LogP contribution in [0.4, 0.5) is 11.4 Å². The zero-order valence-corrected chi connectivity index (χ0v) is 13.2. The first kappa shape index (κ1) is 15.3. The Morgan fingerprint density at radius 2 is 2.35 bits per heavy atom. The number of nitro benzene ring substituents is 1. The lowest BCUT2D eigenvalue weighted by Gasteiger charge is -2.36. The van der Waals surface area contributed by atoms with Gasteiger partial charge in [-0.1, -0.05) is 6.92 Å². The molecule has 1 heterocycles. The molecule has 6 heteroatoms.